The summed E-state index contributed by atoms with van der Waals surface area (Å²) in [6.45, 7) is 4.34. The number of thiazole rings is 1. The molecule has 136 valence electrons. The average Bonchev–Trinajstić information content (AvgIpc) is 3.31. The number of amides is 1. The van der Waals surface area contributed by atoms with Gasteiger partial charge in [0.05, 0.1) is 15.8 Å². The van der Waals surface area contributed by atoms with Crippen LogP contribution >= 0.6 is 11.3 Å². The highest BCUT2D eigenvalue weighted by Crippen LogP contribution is 2.32. The van der Waals surface area contributed by atoms with Crippen molar-refractivity contribution < 1.29 is 13.6 Å². The summed E-state index contributed by atoms with van der Waals surface area (Å²) in [5.41, 5.74) is 2.30. The van der Waals surface area contributed by atoms with E-state index in [1.165, 1.54) is 17.4 Å². The van der Waals surface area contributed by atoms with E-state index in [-0.39, 0.29) is 17.5 Å². The van der Waals surface area contributed by atoms with Gasteiger partial charge in [-0.2, -0.15) is 0 Å². The molecule has 0 unspecified atom stereocenters. The Kier molecular flexibility index (Phi) is 4.49. The molecular formula is C21H17FN2O2S. The summed E-state index contributed by atoms with van der Waals surface area (Å²) < 4.78 is 20.7. The number of anilines is 1. The van der Waals surface area contributed by atoms with Crippen LogP contribution in [-0.2, 0) is 0 Å². The van der Waals surface area contributed by atoms with Gasteiger partial charge in [0.15, 0.2) is 10.9 Å². The largest absolute Gasteiger partial charge is 0.451 e. The molecule has 0 aliphatic carbocycles. The van der Waals surface area contributed by atoms with Gasteiger partial charge in [-0.25, -0.2) is 9.37 Å². The van der Waals surface area contributed by atoms with Crippen molar-refractivity contribution in [2.75, 3.05) is 11.4 Å². The number of aromatic nitrogens is 1. The summed E-state index contributed by atoms with van der Waals surface area (Å²) in [6, 6.07) is 15.5. The summed E-state index contributed by atoms with van der Waals surface area (Å²) in [6.07, 6.45) is 0. The Labute approximate surface area is 159 Å². The maximum Gasteiger partial charge on any atom is 0.295 e. The molecular weight excluding hydrogens is 363 g/mol. The number of rotatable bonds is 4. The van der Waals surface area contributed by atoms with Crippen molar-refractivity contribution in [3.05, 3.63) is 71.7 Å². The number of carbonyl (C=O) groups excluding carboxylic acids is 1. The number of carbonyl (C=O) groups is 1. The Balaban J connectivity index is 1.68. The van der Waals surface area contributed by atoms with Gasteiger partial charge in [-0.3, -0.25) is 9.69 Å². The minimum absolute atomic E-state index is 0.158. The van der Waals surface area contributed by atoms with Crippen LogP contribution in [0, 0.1) is 12.7 Å². The van der Waals surface area contributed by atoms with Gasteiger partial charge < -0.3 is 4.42 Å². The van der Waals surface area contributed by atoms with Crippen LogP contribution in [0.4, 0.5) is 9.52 Å². The SMILES string of the molecule is CCN(C(=O)c1ccc(-c2ccccc2F)o1)c1nc2c(C)cccc2s1. The standard InChI is InChI=1S/C21H17FN2O2S/c1-3-24(21-23-19-13(2)7-6-10-18(19)27-21)20(25)17-12-11-16(26-17)14-8-4-5-9-15(14)22/h4-12H,3H2,1-2H3. The summed E-state index contributed by atoms with van der Waals surface area (Å²) in [5, 5.41) is 0.621. The molecule has 4 aromatic rings. The minimum atomic E-state index is -0.389. The Bertz CT molecular complexity index is 1130. The van der Waals surface area contributed by atoms with Crippen molar-refractivity contribution in [1.29, 1.82) is 0 Å². The van der Waals surface area contributed by atoms with E-state index >= 15 is 0 Å². The number of nitrogens with zero attached hydrogens (tertiary/aromatic N) is 2. The van der Waals surface area contributed by atoms with Crippen LogP contribution in [0.3, 0.4) is 0 Å². The first-order valence-electron chi connectivity index (χ1n) is 8.61. The lowest BCUT2D eigenvalue weighted by Crippen LogP contribution is -2.30. The second kappa shape index (κ2) is 6.96. The molecule has 0 saturated heterocycles. The molecule has 27 heavy (non-hydrogen) atoms. The molecule has 6 heteroatoms. The van der Waals surface area contributed by atoms with Crippen LogP contribution in [0.1, 0.15) is 23.0 Å². The highest BCUT2D eigenvalue weighted by Gasteiger charge is 2.23. The number of furan rings is 1. The molecule has 0 saturated carbocycles. The fraction of sp³-hybridized carbons (Fsp3) is 0.143. The first-order valence-corrected chi connectivity index (χ1v) is 9.43. The van der Waals surface area contributed by atoms with E-state index in [2.05, 4.69) is 4.98 Å². The van der Waals surface area contributed by atoms with Gasteiger partial charge in [0.25, 0.3) is 5.91 Å². The monoisotopic (exact) mass is 380 g/mol. The fourth-order valence-electron chi connectivity index (χ4n) is 2.95. The van der Waals surface area contributed by atoms with Crippen molar-refractivity contribution in [2.45, 2.75) is 13.8 Å². The van der Waals surface area contributed by atoms with Crippen LogP contribution in [0.2, 0.25) is 0 Å². The fourth-order valence-corrected chi connectivity index (χ4v) is 4.05. The van der Waals surface area contributed by atoms with Crippen LogP contribution < -0.4 is 4.90 Å². The molecule has 4 nitrogen and oxygen atoms in total. The maximum absolute atomic E-state index is 14.0. The zero-order valence-corrected chi connectivity index (χ0v) is 15.7. The third-order valence-corrected chi connectivity index (χ3v) is 5.40. The molecule has 0 N–H and O–H groups in total. The van der Waals surface area contributed by atoms with Gasteiger partial charge in [0.2, 0.25) is 0 Å². The smallest absolute Gasteiger partial charge is 0.295 e. The molecule has 4 rings (SSSR count). The lowest BCUT2D eigenvalue weighted by Gasteiger charge is -2.15. The first-order chi connectivity index (χ1) is 13.1. The summed E-state index contributed by atoms with van der Waals surface area (Å²) in [5.74, 6) is -0.199. The highest BCUT2D eigenvalue weighted by molar-refractivity contribution is 7.22. The van der Waals surface area contributed by atoms with Crippen LogP contribution in [-0.4, -0.2) is 17.4 Å². The Morgan fingerprint density at radius 2 is 1.96 bits per heavy atom. The number of aryl methyl sites for hydroxylation is 1. The number of halogens is 1. The van der Waals surface area contributed by atoms with Gasteiger partial charge in [-0.15, -0.1) is 0 Å². The number of fused-ring (bicyclic) bond motifs is 1. The second-order valence-electron chi connectivity index (χ2n) is 6.11. The number of hydrogen-bond acceptors (Lipinski definition) is 4. The van der Waals surface area contributed by atoms with Crippen LogP contribution in [0.25, 0.3) is 21.5 Å². The molecule has 0 radical (unpaired) electrons. The minimum Gasteiger partial charge on any atom is -0.451 e. The molecule has 0 atom stereocenters. The third-order valence-electron chi connectivity index (χ3n) is 4.36. The van der Waals surface area contributed by atoms with Crippen LogP contribution in [0.15, 0.2) is 59.0 Å². The van der Waals surface area contributed by atoms with Crippen molar-refractivity contribution in [1.82, 2.24) is 4.98 Å². The highest BCUT2D eigenvalue weighted by atomic mass is 32.1. The van der Waals surface area contributed by atoms with Crippen molar-refractivity contribution in [2.24, 2.45) is 0 Å². The average molecular weight is 380 g/mol. The summed E-state index contributed by atoms with van der Waals surface area (Å²) >= 11 is 1.47. The van der Waals surface area contributed by atoms with Crippen molar-refractivity contribution in [3.63, 3.8) is 0 Å². The lowest BCUT2D eigenvalue weighted by molar-refractivity contribution is 0.0962. The quantitative estimate of drug-likeness (QED) is 0.458. The second-order valence-corrected chi connectivity index (χ2v) is 7.12. The first kappa shape index (κ1) is 17.4. The molecule has 2 aromatic carbocycles. The van der Waals surface area contributed by atoms with Gasteiger partial charge >= 0.3 is 0 Å². The summed E-state index contributed by atoms with van der Waals surface area (Å²) in [7, 11) is 0. The predicted molar refractivity (Wildman–Crippen MR) is 106 cm³/mol. The normalized spacial score (nSPS) is 11.1. The molecule has 0 fully saturated rings. The number of para-hydroxylation sites is 1. The lowest BCUT2D eigenvalue weighted by atomic mass is 10.1. The Morgan fingerprint density at radius 1 is 1.15 bits per heavy atom. The summed E-state index contributed by atoms with van der Waals surface area (Å²) in [4.78, 5) is 19.2. The van der Waals surface area contributed by atoms with E-state index in [1.807, 2.05) is 32.0 Å². The molecule has 0 aliphatic rings. The predicted octanol–water partition coefficient (Wildman–Crippen LogP) is 5.67. The number of benzene rings is 2. The third kappa shape index (κ3) is 3.13. The zero-order chi connectivity index (χ0) is 19.0. The molecule has 2 heterocycles. The molecule has 2 aromatic heterocycles. The van der Waals surface area contributed by atoms with E-state index in [4.69, 9.17) is 4.42 Å². The van der Waals surface area contributed by atoms with E-state index in [0.29, 0.717) is 23.0 Å². The maximum atomic E-state index is 14.0. The molecule has 0 spiro atoms. The van der Waals surface area contributed by atoms with Crippen molar-refractivity contribution in [3.8, 4) is 11.3 Å². The number of hydrogen-bond donors (Lipinski definition) is 0. The molecule has 0 aliphatic heterocycles. The van der Waals surface area contributed by atoms with Gasteiger partial charge in [-0.1, -0.05) is 35.6 Å². The Hall–Kier alpha value is -2.99. The zero-order valence-electron chi connectivity index (χ0n) is 14.9. The van der Waals surface area contributed by atoms with Gasteiger partial charge in [-0.05, 0) is 49.7 Å². The van der Waals surface area contributed by atoms with E-state index in [0.717, 1.165) is 15.8 Å². The Morgan fingerprint density at radius 3 is 2.70 bits per heavy atom. The van der Waals surface area contributed by atoms with Gasteiger partial charge in [0, 0.05) is 6.54 Å². The van der Waals surface area contributed by atoms with E-state index < -0.39 is 0 Å². The van der Waals surface area contributed by atoms with Crippen LogP contribution in [0.5, 0.6) is 0 Å². The molecule has 1 amide bonds. The van der Waals surface area contributed by atoms with Crippen molar-refractivity contribution >= 4 is 32.6 Å². The van der Waals surface area contributed by atoms with E-state index in [9.17, 15) is 9.18 Å². The van der Waals surface area contributed by atoms with Gasteiger partial charge in [0.1, 0.15) is 11.6 Å². The van der Waals surface area contributed by atoms with E-state index in [1.54, 1.807) is 35.2 Å². The topological polar surface area (TPSA) is 46.3 Å². The molecule has 0 bridgehead atoms.